The Morgan fingerprint density at radius 3 is 2.28 bits per heavy atom. The third-order valence-electron chi connectivity index (χ3n) is 3.52. The van der Waals surface area contributed by atoms with E-state index < -0.39 is 28.5 Å². The first kappa shape index (κ1) is 21.4. The predicted octanol–water partition coefficient (Wildman–Crippen LogP) is 1.99. The summed E-state index contributed by atoms with van der Waals surface area (Å²) in [6.07, 6.45) is 0. The second-order valence-corrected chi connectivity index (χ2v) is 5.72. The molecule has 0 fully saturated rings. The van der Waals surface area contributed by atoms with Crippen LogP contribution in [-0.4, -0.2) is 36.0 Å². The highest BCUT2D eigenvalue weighted by atomic mass is 16.6. The van der Waals surface area contributed by atoms with Gasteiger partial charge in [-0.2, -0.15) is 0 Å². The third kappa shape index (κ3) is 6.31. The van der Waals surface area contributed by atoms with E-state index in [4.69, 9.17) is 19.9 Å². The Morgan fingerprint density at radius 2 is 1.69 bits per heavy atom. The minimum atomic E-state index is -0.859. The highest BCUT2D eigenvalue weighted by molar-refractivity contribution is 5.96. The first-order valence-electron chi connectivity index (χ1n) is 8.44. The molecule has 0 radical (unpaired) electrons. The van der Waals surface area contributed by atoms with Gasteiger partial charge in [-0.15, -0.1) is 0 Å². The SMILES string of the molecule is CCOC(=O)c1cc(C(=O)OCc2cccc(OCC(N)=O)c2)cc([N+](=O)[O-])c1. The summed E-state index contributed by atoms with van der Waals surface area (Å²) in [7, 11) is 0. The van der Waals surface area contributed by atoms with Gasteiger partial charge in [-0.25, -0.2) is 9.59 Å². The second-order valence-electron chi connectivity index (χ2n) is 5.72. The van der Waals surface area contributed by atoms with E-state index in [-0.39, 0.29) is 30.9 Å². The van der Waals surface area contributed by atoms with Crippen LogP contribution in [0.3, 0.4) is 0 Å². The van der Waals surface area contributed by atoms with Crippen molar-refractivity contribution in [3.05, 3.63) is 69.3 Å². The molecule has 0 spiro atoms. The largest absolute Gasteiger partial charge is 0.484 e. The minimum Gasteiger partial charge on any atom is -0.484 e. The summed E-state index contributed by atoms with van der Waals surface area (Å²) in [5.74, 6) is -1.92. The number of benzene rings is 2. The molecule has 0 atom stereocenters. The van der Waals surface area contributed by atoms with Gasteiger partial charge in [0.05, 0.1) is 22.7 Å². The van der Waals surface area contributed by atoms with E-state index in [1.807, 2.05) is 0 Å². The van der Waals surface area contributed by atoms with Crippen LogP contribution in [0.5, 0.6) is 5.75 Å². The highest BCUT2D eigenvalue weighted by Crippen LogP contribution is 2.20. The van der Waals surface area contributed by atoms with Crippen molar-refractivity contribution in [2.45, 2.75) is 13.5 Å². The maximum atomic E-state index is 12.3. The number of nitrogens with two attached hydrogens (primary N) is 1. The summed E-state index contributed by atoms with van der Waals surface area (Å²) < 4.78 is 15.1. The van der Waals surface area contributed by atoms with Crippen molar-refractivity contribution >= 4 is 23.5 Å². The van der Waals surface area contributed by atoms with Crippen LogP contribution in [0.1, 0.15) is 33.2 Å². The van der Waals surface area contributed by atoms with Crippen LogP contribution in [0.2, 0.25) is 0 Å². The number of carbonyl (C=O) groups is 3. The number of hydrogen-bond acceptors (Lipinski definition) is 8. The molecule has 0 unspecified atom stereocenters. The number of carbonyl (C=O) groups excluding carboxylic acids is 3. The molecule has 0 aliphatic carbocycles. The molecule has 1 amide bonds. The monoisotopic (exact) mass is 402 g/mol. The number of esters is 2. The minimum absolute atomic E-state index is 0.0788. The van der Waals surface area contributed by atoms with Crippen molar-refractivity contribution in [2.75, 3.05) is 13.2 Å². The molecule has 10 heteroatoms. The van der Waals surface area contributed by atoms with Crippen LogP contribution in [0.4, 0.5) is 5.69 Å². The van der Waals surface area contributed by atoms with E-state index in [2.05, 4.69) is 0 Å². The summed E-state index contributed by atoms with van der Waals surface area (Å²) in [5, 5.41) is 11.1. The summed E-state index contributed by atoms with van der Waals surface area (Å²) in [6, 6.07) is 9.63. The van der Waals surface area contributed by atoms with E-state index in [1.54, 1.807) is 31.2 Å². The number of primary amides is 1. The van der Waals surface area contributed by atoms with Gasteiger partial charge in [0.15, 0.2) is 6.61 Å². The number of hydrogen-bond donors (Lipinski definition) is 1. The molecule has 2 rings (SSSR count). The van der Waals surface area contributed by atoms with Gasteiger partial charge in [-0.1, -0.05) is 12.1 Å². The third-order valence-corrected chi connectivity index (χ3v) is 3.52. The fourth-order valence-electron chi connectivity index (χ4n) is 2.28. The molecule has 2 aromatic carbocycles. The Kier molecular flexibility index (Phi) is 7.24. The molecule has 0 saturated heterocycles. The van der Waals surface area contributed by atoms with Crippen LogP contribution in [0.15, 0.2) is 42.5 Å². The second kappa shape index (κ2) is 9.83. The molecule has 0 aromatic heterocycles. The van der Waals surface area contributed by atoms with Crippen molar-refractivity contribution < 1.29 is 33.5 Å². The topological polar surface area (TPSA) is 148 Å². The average molecular weight is 402 g/mol. The molecule has 29 heavy (non-hydrogen) atoms. The molecule has 0 bridgehead atoms. The zero-order valence-electron chi connectivity index (χ0n) is 15.5. The summed E-state index contributed by atoms with van der Waals surface area (Å²) in [5.41, 5.74) is 4.83. The smallest absolute Gasteiger partial charge is 0.338 e. The molecule has 0 heterocycles. The molecular weight excluding hydrogens is 384 g/mol. The molecule has 0 aliphatic heterocycles. The van der Waals surface area contributed by atoms with Crippen LogP contribution in [0, 0.1) is 10.1 Å². The van der Waals surface area contributed by atoms with Gasteiger partial charge in [-0.05, 0) is 30.7 Å². The van der Waals surface area contributed by atoms with Crippen molar-refractivity contribution in [3.63, 3.8) is 0 Å². The Morgan fingerprint density at radius 1 is 1.03 bits per heavy atom. The molecule has 0 saturated carbocycles. The van der Waals surface area contributed by atoms with Crippen molar-refractivity contribution in [1.29, 1.82) is 0 Å². The summed E-state index contributed by atoms with van der Waals surface area (Å²) >= 11 is 0. The Bertz CT molecular complexity index is 942. The van der Waals surface area contributed by atoms with Crippen LogP contribution >= 0.6 is 0 Å². The first-order chi connectivity index (χ1) is 13.8. The molecule has 2 aromatic rings. The number of amides is 1. The van der Waals surface area contributed by atoms with Gasteiger partial charge in [-0.3, -0.25) is 14.9 Å². The van der Waals surface area contributed by atoms with E-state index in [0.717, 1.165) is 12.1 Å². The Labute approximate surface area is 165 Å². The molecule has 0 aliphatic rings. The maximum Gasteiger partial charge on any atom is 0.338 e. The number of rotatable bonds is 9. The van der Waals surface area contributed by atoms with Gasteiger partial charge in [0, 0.05) is 12.1 Å². The fraction of sp³-hybridized carbons (Fsp3) is 0.211. The highest BCUT2D eigenvalue weighted by Gasteiger charge is 2.19. The number of ether oxygens (including phenoxy) is 3. The standard InChI is InChI=1S/C19H18N2O8/c1-2-27-18(23)13-7-14(9-15(8-13)21(25)26)19(24)29-10-12-4-3-5-16(6-12)28-11-17(20)22/h3-9H,2,10-11H2,1H3,(H2,20,22). The fourth-order valence-corrected chi connectivity index (χ4v) is 2.28. The molecule has 2 N–H and O–H groups in total. The lowest BCUT2D eigenvalue weighted by molar-refractivity contribution is -0.384. The van der Waals surface area contributed by atoms with Crippen molar-refractivity contribution in [1.82, 2.24) is 0 Å². The van der Waals surface area contributed by atoms with Gasteiger partial charge < -0.3 is 19.9 Å². The summed E-state index contributed by atoms with van der Waals surface area (Å²) in [4.78, 5) is 45.3. The van der Waals surface area contributed by atoms with Gasteiger partial charge in [0.1, 0.15) is 12.4 Å². The molecule has 10 nitrogen and oxygen atoms in total. The van der Waals surface area contributed by atoms with Gasteiger partial charge >= 0.3 is 11.9 Å². The van der Waals surface area contributed by atoms with Crippen LogP contribution in [0.25, 0.3) is 0 Å². The van der Waals surface area contributed by atoms with E-state index in [1.165, 1.54) is 6.07 Å². The lowest BCUT2D eigenvalue weighted by Gasteiger charge is -2.09. The lowest BCUT2D eigenvalue weighted by atomic mass is 10.1. The molecule has 152 valence electrons. The zero-order valence-corrected chi connectivity index (χ0v) is 15.5. The quantitative estimate of drug-likeness (QED) is 0.380. The number of nitrogens with zero attached hydrogens (tertiary/aromatic N) is 1. The maximum absolute atomic E-state index is 12.3. The van der Waals surface area contributed by atoms with Crippen molar-refractivity contribution in [2.24, 2.45) is 5.73 Å². The first-order valence-corrected chi connectivity index (χ1v) is 8.44. The van der Waals surface area contributed by atoms with Gasteiger partial charge in [0.25, 0.3) is 11.6 Å². The average Bonchev–Trinajstić information content (AvgIpc) is 2.70. The van der Waals surface area contributed by atoms with Crippen LogP contribution in [-0.2, 0) is 20.9 Å². The Hall–Kier alpha value is -3.95. The predicted molar refractivity (Wildman–Crippen MR) is 99.3 cm³/mol. The normalized spacial score (nSPS) is 10.1. The zero-order chi connectivity index (χ0) is 21.4. The number of nitro groups is 1. The summed E-state index contributed by atoms with van der Waals surface area (Å²) in [6.45, 7) is 1.21. The number of non-ortho nitro benzene ring substituents is 1. The van der Waals surface area contributed by atoms with Crippen molar-refractivity contribution in [3.8, 4) is 5.75 Å². The Balaban J connectivity index is 2.14. The van der Waals surface area contributed by atoms with E-state index in [9.17, 15) is 24.5 Å². The number of nitro benzene ring substituents is 1. The molecular formula is C19H18N2O8. The van der Waals surface area contributed by atoms with E-state index in [0.29, 0.717) is 11.3 Å². The van der Waals surface area contributed by atoms with Crippen LogP contribution < -0.4 is 10.5 Å². The lowest BCUT2D eigenvalue weighted by Crippen LogP contribution is -2.20. The van der Waals surface area contributed by atoms with E-state index >= 15 is 0 Å². The van der Waals surface area contributed by atoms with Gasteiger partial charge in [0.2, 0.25) is 0 Å².